The van der Waals surface area contributed by atoms with Crippen LogP contribution in [0.25, 0.3) is 11.4 Å². The first-order chi connectivity index (χ1) is 14.0. The number of rotatable bonds is 5. The monoisotopic (exact) mass is 394 g/mol. The van der Waals surface area contributed by atoms with Gasteiger partial charge in [-0.15, -0.1) is 0 Å². The third-order valence-electron chi connectivity index (χ3n) is 5.38. The van der Waals surface area contributed by atoms with Crippen molar-refractivity contribution < 1.29 is 13.7 Å². The number of carbonyl (C=O) groups excluding carboxylic acids is 1. The van der Waals surface area contributed by atoms with Crippen LogP contribution in [0.2, 0.25) is 0 Å². The molecule has 1 saturated heterocycles. The molecule has 0 bridgehead atoms. The number of benzene rings is 2. The Kier molecular flexibility index (Phi) is 5.40. The predicted molar refractivity (Wildman–Crippen MR) is 106 cm³/mol. The first-order valence-corrected chi connectivity index (χ1v) is 9.68. The van der Waals surface area contributed by atoms with E-state index in [1.54, 1.807) is 19.1 Å². The first-order valence-electron chi connectivity index (χ1n) is 9.68. The van der Waals surface area contributed by atoms with Gasteiger partial charge in [-0.3, -0.25) is 4.79 Å². The van der Waals surface area contributed by atoms with E-state index in [9.17, 15) is 9.18 Å². The molecular weight excluding hydrogens is 371 g/mol. The lowest BCUT2D eigenvalue weighted by Gasteiger charge is -2.16. The van der Waals surface area contributed by atoms with E-state index in [1.807, 2.05) is 23.1 Å². The van der Waals surface area contributed by atoms with E-state index in [4.69, 9.17) is 10.3 Å². The summed E-state index contributed by atoms with van der Waals surface area (Å²) in [7, 11) is 0. The van der Waals surface area contributed by atoms with Crippen LogP contribution in [0.15, 0.2) is 53.1 Å². The second kappa shape index (κ2) is 8.13. The maximum Gasteiger partial charge on any atom is 0.227 e. The van der Waals surface area contributed by atoms with Crippen molar-refractivity contribution in [2.24, 2.45) is 5.73 Å². The van der Waals surface area contributed by atoms with Crippen LogP contribution >= 0.6 is 0 Å². The molecule has 0 radical (unpaired) electrons. The van der Waals surface area contributed by atoms with Gasteiger partial charge in [-0.2, -0.15) is 4.98 Å². The van der Waals surface area contributed by atoms with E-state index >= 15 is 0 Å². The van der Waals surface area contributed by atoms with Crippen LogP contribution in [0.1, 0.15) is 29.4 Å². The number of halogens is 1. The van der Waals surface area contributed by atoms with Crippen molar-refractivity contribution in [2.45, 2.75) is 31.7 Å². The molecule has 1 aliphatic rings. The van der Waals surface area contributed by atoms with Crippen LogP contribution in [-0.2, 0) is 11.2 Å². The van der Waals surface area contributed by atoms with Crippen molar-refractivity contribution in [3.63, 3.8) is 0 Å². The summed E-state index contributed by atoms with van der Waals surface area (Å²) in [4.78, 5) is 18.8. The van der Waals surface area contributed by atoms with Gasteiger partial charge in [0.1, 0.15) is 5.82 Å². The van der Waals surface area contributed by atoms with Gasteiger partial charge in [-0.1, -0.05) is 35.5 Å². The van der Waals surface area contributed by atoms with Crippen LogP contribution in [0.5, 0.6) is 0 Å². The summed E-state index contributed by atoms with van der Waals surface area (Å²) >= 11 is 0. The Bertz CT molecular complexity index is 1010. The zero-order valence-corrected chi connectivity index (χ0v) is 16.2. The van der Waals surface area contributed by atoms with Gasteiger partial charge in [0.2, 0.25) is 17.6 Å². The van der Waals surface area contributed by atoms with Crippen LogP contribution in [0, 0.1) is 12.7 Å². The highest BCUT2D eigenvalue weighted by atomic mass is 19.1. The molecule has 6 nitrogen and oxygen atoms in total. The Labute approximate surface area is 168 Å². The molecular formula is C22H23FN4O2. The maximum atomic E-state index is 13.4. The first kappa shape index (κ1) is 19.3. The minimum atomic E-state index is -0.277. The Balaban J connectivity index is 1.35. The van der Waals surface area contributed by atoms with Crippen molar-refractivity contribution in [3.8, 4) is 11.4 Å². The minimum absolute atomic E-state index is 0.0243. The quantitative estimate of drug-likeness (QED) is 0.719. The van der Waals surface area contributed by atoms with Gasteiger partial charge in [0, 0.05) is 43.5 Å². The lowest BCUT2D eigenvalue weighted by molar-refractivity contribution is -0.130. The summed E-state index contributed by atoms with van der Waals surface area (Å²) in [5.74, 6) is 0.676. The number of nitrogens with zero attached hydrogens (tertiary/aromatic N) is 3. The Morgan fingerprint density at radius 3 is 2.79 bits per heavy atom. The number of hydrogen-bond acceptors (Lipinski definition) is 5. The number of hydrogen-bond donors (Lipinski definition) is 1. The normalized spacial score (nSPS) is 18.9. The zero-order valence-electron chi connectivity index (χ0n) is 16.2. The van der Waals surface area contributed by atoms with Gasteiger partial charge in [0.15, 0.2) is 0 Å². The van der Waals surface area contributed by atoms with Gasteiger partial charge in [0.25, 0.3) is 0 Å². The van der Waals surface area contributed by atoms with E-state index in [-0.39, 0.29) is 30.1 Å². The predicted octanol–water partition coefficient (Wildman–Crippen LogP) is 3.07. The SMILES string of the molecule is Cc1cc(-c2noc(CCC(=O)N3C[C@@H](N)[C@H](c4ccccc4)C3)n2)ccc1F. The molecule has 0 unspecified atom stereocenters. The van der Waals surface area contributed by atoms with E-state index in [0.29, 0.717) is 42.4 Å². The fraction of sp³-hybridized carbons (Fsp3) is 0.318. The molecule has 1 aromatic heterocycles. The number of carbonyl (C=O) groups is 1. The van der Waals surface area contributed by atoms with Gasteiger partial charge in [0.05, 0.1) is 0 Å². The maximum absolute atomic E-state index is 13.4. The number of likely N-dealkylation sites (tertiary alicyclic amines) is 1. The molecule has 2 heterocycles. The summed E-state index contributed by atoms with van der Waals surface area (Å²) in [6.07, 6.45) is 0.631. The molecule has 2 aromatic carbocycles. The third-order valence-corrected chi connectivity index (χ3v) is 5.38. The molecule has 4 rings (SSSR count). The fourth-order valence-corrected chi connectivity index (χ4v) is 3.71. The fourth-order valence-electron chi connectivity index (χ4n) is 3.71. The second-order valence-corrected chi connectivity index (χ2v) is 7.46. The van der Waals surface area contributed by atoms with Crippen LogP contribution in [0.3, 0.4) is 0 Å². The summed E-state index contributed by atoms with van der Waals surface area (Å²) in [6.45, 7) is 2.85. The molecule has 3 aromatic rings. The van der Waals surface area contributed by atoms with Gasteiger partial charge in [-0.25, -0.2) is 4.39 Å². The summed E-state index contributed by atoms with van der Waals surface area (Å²) < 4.78 is 18.7. The van der Waals surface area contributed by atoms with E-state index in [2.05, 4.69) is 22.3 Å². The van der Waals surface area contributed by atoms with E-state index in [1.165, 1.54) is 6.07 Å². The number of amides is 1. The van der Waals surface area contributed by atoms with Crippen LogP contribution < -0.4 is 5.73 Å². The van der Waals surface area contributed by atoms with Crippen LogP contribution in [0.4, 0.5) is 4.39 Å². The topological polar surface area (TPSA) is 85.2 Å². The molecule has 0 spiro atoms. The average Bonchev–Trinajstić information content (AvgIpc) is 3.36. The number of aryl methyl sites for hydroxylation is 2. The highest BCUT2D eigenvalue weighted by Gasteiger charge is 2.33. The summed E-state index contributed by atoms with van der Waals surface area (Å²) in [5.41, 5.74) is 8.63. The van der Waals surface area contributed by atoms with Gasteiger partial charge >= 0.3 is 0 Å². The number of nitrogens with two attached hydrogens (primary N) is 1. The molecule has 1 amide bonds. The molecule has 2 N–H and O–H groups in total. The third kappa shape index (κ3) is 4.19. The Morgan fingerprint density at radius 1 is 1.24 bits per heavy atom. The molecule has 0 aliphatic carbocycles. The highest BCUT2D eigenvalue weighted by Crippen LogP contribution is 2.27. The molecule has 1 fully saturated rings. The molecule has 2 atom stereocenters. The average molecular weight is 394 g/mol. The van der Waals surface area contributed by atoms with Crippen molar-refractivity contribution in [1.29, 1.82) is 0 Å². The molecule has 29 heavy (non-hydrogen) atoms. The van der Waals surface area contributed by atoms with E-state index in [0.717, 1.165) is 5.56 Å². The molecule has 0 saturated carbocycles. The lowest BCUT2D eigenvalue weighted by atomic mass is 9.95. The zero-order chi connectivity index (χ0) is 20.4. The minimum Gasteiger partial charge on any atom is -0.340 e. The van der Waals surface area contributed by atoms with E-state index < -0.39 is 0 Å². The smallest absolute Gasteiger partial charge is 0.227 e. The van der Waals surface area contributed by atoms with Gasteiger partial charge < -0.3 is 15.2 Å². The molecule has 7 heteroatoms. The standard InChI is InChI=1S/C22H23FN4O2/c1-14-11-16(7-8-18(14)23)22-25-20(29-26-22)9-10-21(28)27-12-17(19(24)13-27)15-5-3-2-4-6-15/h2-8,11,17,19H,9-10,12-13,24H2,1H3/t17-,19+/m0/s1. The number of aromatic nitrogens is 2. The molecule has 1 aliphatic heterocycles. The molecule has 150 valence electrons. The summed E-state index contributed by atoms with van der Waals surface area (Å²) in [6, 6.07) is 14.6. The summed E-state index contributed by atoms with van der Waals surface area (Å²) in [5, 5.41) is 3.94. The Morgan fingerprint density at radius 2 is 2.03 bits per heavy atom. The van der Waals surface area contributed by atoms with Gasteiger partial charge in [-0.05, 0) is 36.2 Å². The van der Waals surface area contributed by atoms with Crippen molar-refractivity contribution in [1.82, 2.24) is 15.0 Å². The second-order valence-electron chi connectivity index (χ2n) is 7.46. The van der Waals surface area contributed by atoms with Crippen molar-refractivity contribution in [2.75, 3.05) is 13.1 Å². The van der Waals surface area contributed by atoms with Crippen LogP contribution in [-0.4, -0.2) is 40.1 Å². The Hall–Kier alpha value is -3.06. The largest absolute Gasteiger partial charge is 0.340 e. The highest BCUT2D eigenvalue weighted by molar-refractivity contribution is 5.77. The lowest BCUT2D eigenvalue weighted by Crippen LogP contribution is -2.32. The van der Waals surface area contributed by atoms with Crippen molar-refractivity contribution >= 4 is 5.91 Å². The van der Waals surface area contributed by atoms with Crippen molar-refractivity contribution in [3.05, 3.63) is 71.4 Å².